The number of ether oxygens (including phenoxy) is 1. The van der Waals surface area contributed by atoms with Crippen LogP contribution in [-0.2, 0) is 0 Å². The molecule has 1 heterocycles. The van der Waals surface area contributed by atoms with E-state index in [4.69, 9.17) is 14.9 Å². The van der Waals surface area contributed by atoms with Crippen molar-refractivity contribution in [2.24, 2.45) is 5.73 Å². The van der Waals surface area contributed by atoms with E-state index in [1.165, 1.54) is 6.07 Å². The molecule has 0 saturated heterocycles. The van der Waals surface area contributed by atoms with E-state index in [0.29, 0.717) is 36.4 Å². The number of carbonyl (C=O) groups is 1. The van der Waals surface area contributed by atoms with E-state index in [2.05, 4.69) is 11.9 Å². The van der Waals surface area contributed by atoms with E-state index < -0.39 is 11.5 Å². The molecule has 2 rings (SSSR count). The molecule has 6 nitrogen and oxygen atoms in total. The Labute approximate surface area is 127 Å². The topological polar surface area (TPSA) is 94.6 Å². The summed E-state index contributed by atoms with van der Waals surface area (Å²) < 4.78 is 10.7. The van der Waals surface area contributed by atoms with Gasteiger partial charge in [0.1, 0.15) is 23.5 Å². The summed E-state index contributed by atoms with van der Waals surface area (Å²) in [6, 6.07) is 6.58. The van der Waals surface area contributed by atoms with Gasteiger partial charge < -0.3 is 20.2 Å². The van der Waals surface area contributed by atoms with Gasteiger partial charge in [0.15, 0.2) is 0 Å². The Bertz CT molecular complexity index is 764. The minimum Gasteiger partial charge on any atom is -0.489 e. The number of hydrogen-bond donors (Lipinski definition) is 2. The van der Waals surface area contributed by atoms with Gasteiger partial charge in [-0.25, -0.2) is 4.79 Å². The molecule has 0 aliphatic carbocycles. The van der Waals surface area contributed by atoms with E-state index in [1.54, 1.807) is 18.2 Å². The van der Waals surface area contributed by atoms with Crippen molar-refractivity contribution in [1.29, 1.82) is 0 Å². The molecule has 0 saturated carbocycles. The van der Waals surface area contributed by atoms with Gasteiger partial charge in [0.05, 0.1) is 0 Å². The summed E-state index contributed by atoms with van der Waals surface area (Å²) in [5, 5.41) is 3.18. The molecule has 0 aliphatic rings. The molecule has 116 valence electrons. The van der Waals surface area contributed by atoms with Gasteiger partial charge in [-0.2, -0.15) is 0 Å². The summed E-state index contributed by atoms with van der Waals surface area (Å²) in [5.41, 5.74) is 5.82. The zero-order valence-corrected chi connectivity index (χ0v) is 12.3. The molecular formula is C16H18N2O4. The minimum atomic E-state index is -0.695. The van der Waals surface area contributed by atoms with Crippen LogP contribution in [0.15, 0.2) is 45.6 Å². The summed E-state index contributed by atoms with van der Waals surface area (Å²) in [6.45, 7) is 6.58. The molecule has 0 atom stereocenters. The van der Waals surface area contributed by atoms with Crippen LogP contribution in [0.1, 0.15) is 17.3 Å². The lowest BCUT2D eigenvalue weighted by Gasteiger charge is -2.07. The monoisotopic (exact) mass is 302 g/mol. The lowest BCUT2D eigenvalue weighted by atomic mass is 10.1. The van der Waals surface area contributed by atoms with Gasteiger partial charge in [0, 0.05) is 24.5 Å². The number of hydrogen-bond acceptors (Lipinski definition) is 5. The van der Waals surface area contributed by atoms with Crippen molar-refractivity contribution >= 4 is 16.9 Å². The van der Waals surface area contributed by atoms with Crippen LogP contribution in [0.2, 0.25) is 0 Å². The lowest BCUT2D eigenvalue weighted by molar-refractivity contribution is 0.0951. The summed E-state index contributed by atoms with van der Waals surface area (Å²) in [4.78, 5) is 23.8. The number of carbonyl (C=O) groups excluding carboxylic acids is 1. The van der Waals surface area contributed by atoms with E-state index in [9.17, 15) is 9.59 Å². The van der Waals surface area contributed by atoms with E-state index in [0.717, 1.165) is 5.57 Å². The third-order valence-electron chi connectivity index (χ3n) is 2.87. The van der Waals surface area contributed by atoms with Crippen molar-refractivity contribution in [2.75, 3.05) is 19.7 Å². The lowest BCUT2D eigenvalue weighted by Crippen LogP contribution is -2.32. The summed E-state index contributed by atoms with van der Waals surface area (Å²) >= 11 is 0. The molecule has 0 unspecified atom stereocenters. The van der Waals surface area contributed by atoms with Gasteiger partial charge in [-0.1, -0.05) is 6.58 Å². The predicted molar refractivity (Wildman–Crippen MR) is 84.2 cm³/mol. The van der Waals surface area contributed by atoms with Crippen molar-refractivity contribution in [3.05, 3.63) is 52.4 Å². The number of nitrogens with one attached hydrogen (secondary N) is 1. The van der Waals surface area contributed by atoms with Crippen LogP contribution in [0.25, 0.3) is 11.0 Å². The predicted octanol–water partition coefficient (Wildman–Crippen LogP) is 1.44. The SMILES string of the molecule is C=C(C)COc1ccc2cc(C(=O)NCCN)c(=O)oc2c1. The number of nitrogens with two attached hydrogens (primary N) is 1. The highest BCUT2D eigenvalue weighted by Crippen LogP contribution is 2.20. The second kappa shape index (κ2) is 6.91. The highest BCUT2D eigenvalue weighted by atomic mass is 16.5. The second-order valence-electron chi connectivity index (χ2n) is 4.94. The number of fused-ring (bicyclic) bond motifs is 1. The fourth-order valence-electron chi connectivity index (χ4n) is 1.83. The Balaban J connectivity index is 2.31. The quantitative estimate of drug-likeness (QED) is 0.622. The van der Waals surface area contributed by atoms with Crippen molar-refractivity contribution < 1.29 is 13.9 Å². The summed E-state index contributed by atoms with van der Waals surface area (Å²) in [5.74, 6) is 0.0719. The molecule has 1 aromatic carbocycles. The minimum absolute atomic E-state index is 0.0449. The van der Waals surface area contributed by atoms with Crippen LogP contribution in [0.3, 0.4) is 0 Å². The van der Waals surface area contributed by atoms with Crippen LogP contribution in [0, 0.1) is 0 Å². The maximum absolute atomic E-state index is 11.9. The molecule has 0 fully saturated rings. The van der Waals surface area contributed by atoms with Gasteiger partial charge in [-0.15, -0.1) is 0 Å². The molecular weight excluding hydrogens is 284 g/mol. The van der Waals surface area contributed by atoms with Crippen molar-refractivity contribution in [2.45, 2.75) is 6.92 Å². The normalized spacial score (nSPS) is 10.5. The summed E-state index contributed by atoms with van der Waals surface area (Å²) in [6.07, 6.45) is 0. The first-order valence-electron chi connectivity index (χ1n) is 6.84. The first kappa shape index (κ1) is 15.8. The molecule has 0 radical (unpaired) electrons. The van der Waals surface area contributed by atoms with Gasteiger partial charge in [0.2, 0.25) is 0 Å². The molecule has 22 heavy (non-hydrogen) atoms. The molecule has 0 spiro atoms. The third-order valence-corrected chi connectivity index (χ3v) is 2.87. The Morgan fingerprint density at radius 3 is 2.86 bits per heavy atom. The van der Waals surface area contributed by atoms with Crippen molar-refractivity contribution in [1.82, 2.24) is 5.32 Å². The van der Waals surface area contributed by atoms with Gasteiger partial charge in [-0.05, 0) is 30.7 Å². The zero-order valence-electron chi connectivity index (χ0n) is 12.3. The first-order valence-corrected chi connectivity index (χ1v) is 6.84. The summed E-state index contributed by atoms with van der Waals surface area (Å²) in [7, 11) is 0. The second-order valence-corrected chi connectivity index (χ2v) is 4.94. The smallest absolute Gasteiger partial charge is 0.349 e. The Morgan fingerprint density at radius 2 is 2.18 bits per heavy atom. The number of benzene rings is 1. The molecule has 1 amide bonds. The van der Waals surface area contributed by atoms with Crippen LogP contribution in [0.4, 0.5) is 0 Å². The Kier molecular flexibility index (Phi) is 4.95. The molecule has 6 heteroatoms. The molecule has 0 aliphatic heterocycles. The zero-order chi connectivity index (χ0) is 16.1. The maximum atomic E-state index is 11.9. The molecule has 0 bridgehead atoms. The van der Waals surface area contributed by atoms with E-state index in [1.807, 2.05) is 6.92 Å². The van der Waals surface area contributed by atoms with E-state index in [-0.39, 0.29) is 5.56 Å². The van der Waals surface area contributed by atoms with Gasteiger partial charge >= 0.3 is 5.63 Å². The largest absolute Gasteiger partial charge is 0.489 e. The molecule has 3 N–H and O–H groups in total. The van der Waals surface area contributed by atoms with Gasteiger partial charge in [0.25, 0.3) is 5.91 Å². The third kappa shape index (κ3) is 3.73. The number of amides is 1. The average molecular weight is 302 g/mol. The van der Waals surface area contributed by atoms with Crippen LogP contribution >= 0.6 is 0 Å². The molecule has 1 aromatic heterocycles. The van der Waals surface area contributed by atoms with Crippen molar-refractivity contribution in [3.63, 3.8) is 0 Å². The van der Waals surface area contributed by atoms with Crippen LogP contribution < -0.4 is 21.4 Å². The fraction of sp³-hybridized carbons (Fsp3) is 0.250. The van der Waals surface area contributed by atoms with Crippen LogP contribution in [-0.4, -0.2) is 25.6 Å². The highest BCUT2D eigenvalue weighted by molar-refractivity contribution is 5.96. The Morgan fingerprint density at radius 1 is 1.41 bits per heavy atom. The molecule has 2 aromatic rings. The van der Waals surface area contributed by atoms with Gasteiger partial charge in [-0.3, -0.25) is 4.79 Å². The number of rotatable bonds is 6. The van der Waals surface area contributed by atoms with Crippen molar-refractivity contribution in [3.8, 4) is 5.75 Å². The fourth-order valence-corrected chi connectivity index (χ4v) is 1.83. The Hall–Kier alpha value is -2.60. The average Bonchev–Trinajstić information content (AvgIpc) is 2.49. The maximum Gasteiger partial charge on any atom is 0.349 e. The first-order chi connectivity index (χ1) is 10.5. The standard InChI is InChI=1S/C16H18N2O4/c1-10(2)9-21-12-4-3-11-7-13(15(19)18-6-5-17)16(20)22-14(11)8-12/h3-4,7-8H,1,5-6,9,17H2,2H3,(H,18,19). The van der Waals surface area contributed by atoms with Crippen LogP contribution in [0.5, 0.6) is 5.75 Å². The highest BCUT2D eigenvalue weighted by Gasteiger charge is 2.13. The van der Waals surface area contributed by atoms with E-state index >= 15 is 0 Å².